The molecule has 29 heavy (non-hydrogen) atoms. The van der Waals surface area contributed by atoms with Crippen molar-refractivity contribution < 1.29 is 14.3 Å². The van der Waals surface area contributed by atoms with Crippen LogP contribution in [0.5, 0.6) is 11.5 Å². The molecule has 1 fully saturated rings. The highest BCUT2D eigenvalue weighted by Gasteiger charge is 2.45. The molecular formula is C25H23NO3. The van der Waals surface area contributed by atoms with E-state index in [9.17, 15) is 4.79 Å². The lowest BCUT2D eigenvalue weighted by Gasteiger charge is -2.33. The van der Waals surface area contributed by atoms with E-state index in [1.165, 1.54) is 0 Å². The molecule has 146 valence electrons. The summed E-state index contributed by atoms with van der Waals surface area (Å²) in [7, 11) is 0. The Morgan fingerprint density at radius 2 is 1.48 bits per heavy atom. The van der Waals surface area contributed by atoms with Gasteiger partial charge in [-0.25, -0.2) is 0 Å². The van der Waals surface area contributed by atoms with Crippen LogP contribution in [0.3, 0.4) is 0 Å². The topological polar surface area (TPSA) is 38.8 Å². The molecule has 3 aromatic rings. The number of nitrogens with zero attached hydrogens (tertiary/aromatic N) is 1. The number of carbonyl (C=O) groups excluding carboxylic acids is 1. The van der Waals surface area contributed by atoms with E-state index >= 15 is 0 Å². The van der Waals surface area contributed by atoms with Crippen molar-refractivity contribution in [2.75, 3.05) is 6.54 Å². The van der Waals surface area contributed by atoms with Crippen molar-refractivity contribution in [2.45, 2.75) is 31.1 Å². The first-order chi connectivity index (χ1) is 14.3. The molecule has 5 rings (SSSR count). The molecule has 1 amide bonds. The molecule has 0 spiro atoms. The third-order valence-corrected chi connectivity index (χ3v) is 5.85. The maximum Gasteiger partial charge on any atom is 0.305 e. The van der Waals surface area contributed by atoms with Crippen LogP contribution in [0.25, 0.3) is 0 Å². The largest absolute Gasteiger partial charge is 0.440 e. The molecule has 4 heteroatoms. The Bertz CT molecular complexity index is 964. The molecule has 0 radical (unpaired) electrons. The van der Waals surface area contributed by atoms with Crippen molar-refractivity contribution in [3.05, 3.63) is 95.6 Å². The Morgan fingerprint density at radius 1 is 0.828 bits per heavy atom. The average Bonchev–Trinajstić information content (AvgIpc) is 3.20. The normalized spacial score (nSPS) is 19.7. The summed E-state index contributed by atoms with van der Waals surface area (Å²) in [6.07, 6.45) is 4.12. The van der Waals surface area contributed by atoms with Gasteiger partial charge in [-0.3, -0.25) is 4.79 Å². The maximum atomic E-state index is 11.5. The van der Waals surface area contributed by atoms with Crippen LogP contribution in [0, 0.1) is 0 Å². The summed E-state index contributed by atoms with van der Waals surface area (Å²) < 4.78 is 13.0. The summed E-state index contributed by atoms with van der Waals surface area (Å²) in [4.78, 5) is 13.4. The van der Waals surface area contributed by atoms with E-state index in [0.717, 1.165) is 54.7 Å². The molecule has 3 aromatic carbocycles. The van der Waals surface area contributed by atoms with Gasteiger partial charge in [0.05, 0.1) is 6.04 Å². The molecular weight excluding hydrogens is 362 g/mol. The molecule has 0 saturated carbocycles. The molecule has 1 unspecified atom stereocenters. The number of carbonyl (C=O) groups is 1. The fourth-order valence-corrected chi connectivity index (χ4v) is 4.38. The second-order valence-electron chi connectivity index (χ2n) is 7.61. The Balaban J connectivity index is 1.55. The van der Waals surface area contributed by atoms with Crippen LogP contribution in [0.4, 0.5) is 0 Å². The van der Waals surface area contributed by atoms with Gasteiger partial charge in [-0.15, -0.1) is 0 Å². The number of likely N-dealkylation sites (tertiary alicyclic amines) is 1. The minimum absolute atomic E-state index is 0.0959. The Morgan fingerprint density at radius 3 is 2.14 bits per heavy atom. The SMILES string of the molecule is O=CN1CCCCC1c1ccc2c(c1)OC(c1ccccc1)(c1ccccc1)O2. The molecule has 2 aliphatic rings. The van der Waals surface area contributed by atoms with E-state index in [4.69, 9.17) is 9.47 Å². The predicted molar refractivity (Wildman–Crippen MR) is 111 cm³/mol. The van der Waals surface area contributed by atoms with Crippen molar-refractivity contribution >= 4 is 6.41 Å². The summed E-state index contributed by atoms with van der Waals surface area (Å²) in [5.74, 6) is 0.418. The number of benzene rings is 3. The number of amides is 1. The highest BCUT2D eigenvalue weighted by Crippen LogP contribution is 2.49. The highest BCUT2D eigenvalue weighted by molar-refractivity contribution is 5.53. The first kappa shape index (κ1) is 17.8. The minimum atomic E-state index is -1.01. The van der Waals surface area contributed by atoms with Gasteiger partial charge in [0, 0.05) is 17.7 Å². The molecule has 1 atom stereocenters. The smallest absolute Gasteiger partial charge is 0.305 e. The molecule has 1 saturated heterocycles. The van der Waals surface area contributed by atoms with Crippen molar-refractivity contribution in [1.29, 1.82) is 0 Å². The molecule has 2 aliphatic heterocycles. The first-order valence-corrected chi connectivity index (χ1v) is 10.1. The van der Waals surface area contributed by atoms with E-state index < -0.39 is 5.79 Å². The number of piperidine rings is 1. The van der Waals surface area contributed by atoms with Gasteiger partial charge in [-0.1, -0.05) is 66.7 Å². The molecule has 0 aliphatic carbocycles. The van der Waals surface area contributed by atoms with Crippen molar-refractivity contribution in [2.24, 2.45) is 0 Å². The van der Waals surface area contributed by atoms with Crippen LogP contribution < -0.4 is 9.47 Å². The zero-order valence-electron chi connectivity index (χ0n) is 16.2. The molecule has 0 N–H and O–H groups in total. The zero-order chi connectivity index (χ0) is 19.7. The second kappa shape index (κ2) is 7.28. The summed E-state index contributed by atoms with van der Waals surface area (Å²) in [5.41, 5.74) is 2.98. The lowest BCUT2D eigenvalue weighted by atomic mass is 9.95. The van der Waals surface area contributed by atoms with Crippen LogP contribution in [0.2, 0.25) is 0 Å². The maximum absolute atomic E-state index is 11.5. The van der Waals surface area contributed by atoms with Gasteiger partial charge in [0.15, 0.2) is 11.5 Å². The van der Waals surface area contributed by atoms with Crippen LogP contribution >= 0.6 is 0 Å². The van der Waals surface area contributed by atoms with Gasteiger partial charge in [-0.2, -0.15) is 0 Å². The van der Waals surface area contributed by atoms with Gasteiger partial charge in [0.2, 0.25) is 6.41 Å². The Labute approximate surface area is 170 Å². The van der Waals surface area contributed by atoms with Gasteiger partial charge < -0.3 is 14.4 Å². The van der Waals surface area contributed by atoms with E-state index in [1.54, 1.807) is 0 Å². The van der Waals surface area contributed by atoms with Gasteiger partial charge in [0.1, 0.15) is 0 Å². The number of hydrogen-bond donors (Lipinski definition) is 0. The van der Waals surface area contributed by atoms with E-state index in [1.807, 2.05) is 77.7 Å². The average molecular weight is 385 g/mol. The number of rotatable bonds is 4. The monoisotopic (exact) mass is 385 g/mol. The van der Waals surface area contributed by atoms with Crippen molar-refractivity contribution in [3.63, 3.8) is 0 Å². The third-order valence-electron chi connectivity index (χ3n) is 5.85. The standard InChI is InChI=1S/C25H23NO3/c27-18-26-16-8-7-13-22(26)19-14-15-23-24(17-19)29-25(28-23,20-9-3-1-4-10-20)21-11-5-2-6-12-21/h1-6,9-12,14-15,17-18,22H,7-8,13,16H2. The number of ether oxygens (including phenoxy) is 2. The summed E-state index contributed by atoms with van der Waals surface area (Å²) in [6, 6.07) is 26.2. The summed E-state index contributed by atoms with van der Waals surface area (Å²) in [6.45, 7) is 0.806. The fourth-order valence-electron chi connectivity index (χ4n) is 4.38. The second-order valence-corrected chi connectivity index (χ2v) is 7.61. The van der Waals surface area contributed by atoms with Crippen LogP contribution in [-0.4, -0.2) is 17.9 Å². The Hall–Kier alpha value is -3.27. The molecule has 0 bridgehead atoms. The van der Waals surface area contributed by atoms with E-state index in [-0.39, 0.29) is 6.04 Å². The summed E-state index contributed by atoms with van der Waals surface area (Å²) in [5, 5.41) is 0. The predicted octanol–water partition coefficient (Wildman–Crippen LogP) is 5.04. The number of fused-ring (bicyclic) bond motifs is 1. The third kappa shape index (κ3) is 3.05. The lowest BCUT2D eigenvalue weighted by Crippen LogP contribution is -2.36. The highest BCUT2D eigenvalue weighted by atomic mass is 16.7. The van der Waals surface area contributed by atoms with Gasteiger partial charge in [0.25, 0.3) is 0 Å². The van der Waals surface area contributed by atoms with Crippen LogP contribution in [0.15, 0.2) is 78.9 Å². The van der Waals surface area contributed by atoms with Crippen molar-refractivity contribution in [1.82, 2.24) is 4.90 Å². The fraction of sp³-hybridized carbons (Fsp3) is 0.240. The molecule has 4 nitrogen and oxygen atoms in total. The minimum Gasteiger partial charge on any atom is -0.440 e. The molecule has 2 heterocycles. The van der Waals surface area contributed by atoms with Crippen molar-refractivity contribution in [3.8, 4) is 11.5 Å². The van der Waals surface area contributed by atoms with E-state index in [2.05, 4.69) is 6.07 Å². The Kier molecular flexibility index (Phi) is 4.47. The van der Waals surface area contributed by atoms with Gasteiger partial charge >= 0.3 is 5.79 Å². The summed E-state index contributed by atoms with van der Waals surface area (Å²) >= 11 is 0. The zero-order valence-corrected chi connectivity index (χ0v) is 16.2. The van der Waals surface area contributed by atoms with Crippen LogP contribution in [0.1, 0.15) is 42.0 Å². The number of hydrogen-bond acceptors (Lipinski definition) is 3. The lowest BCUT2D eigenvalue weighted by molar-refractivity contribution is -0.121. The van der Waals surface area contributed by atoms with Crippen LogP contribution in [-0.2, 0) is 10.6 Å². The van der Waals surface area contributed by atoms with Gasteiger partial charge in [-0.05, 0) is 37.0 Å². The van der Waals surface area contributed by atoms with E-state index in [0.29, 0.717) is 5.75 Å². The quantitative estimate of drug-likeness (QED) is 0.591. The first-order valence-electron chi connectivity index (χ1n) is 10.1. The molecule has 0 aromatic heterocycles.